The molecular formula is C17H15N5O2S3. The van der Waals surface area contributed by atoms with Crippen molar-refractivity contribution in [3.8, 4) is 21.5 Å². The lowest BCUT2D eigenvalue weighted by molar-refractivity contribution is -0.118. The van der Waals surface area contributed by atoms with Gasteiger partial charge in [-0.3, -0.25) is 9.36 Å². The Kier molecular flexibility index (Phi) is 5.10. The van der Waals surface area contributed by atoms with Gasteiger partial charge in [0.25, 0.3) is 0 Å². The van der Waals surface area contributed by atoms with E-state index in [1.165, 1.54) is 23.1 Å². The van der Waals surface area contributed by atoms with Crippen molar-refractivity contribution >= 4 is 40.3 Å². The van der Waals surface area contributed by atoms with Crippen molar-refractivity contribution in [1.29, 1.82) is 0 Å². The molecule has 0 aliphatic heterocycles. The van der Waals surface area contributed by atoms with E-state index in [0.29, 0.717) is 22.6 Å². The molecule has 0 radical (unpaired) electrons. The minimum atomic E-state index is -0.438. The molecule has 2 N–H and O–H groups in total. The van der Waals surface area contributed by atoms with Gasteiger partial charge < -0.3 is 10.2 Å². The molecule has 4 rings (SSSR count). The molecule has 0 saturated carbocycles. The first-order chi connectivity index (χ1) is 13.1. The maximum atomic E-state index is 11.5. The van der Waals surface area contributed by atoms with Gasteiger partial charge in [0.2, 0.25) is 11.8 Å². The summed E-state index contributed by atoms with van der Waals surface area (Å²) in [4.78, 5) is 18.0. The Morgan fingerprint density at radius 3 is 2.63 bits per heavy atom. The monoisotopic (exact) mass is 417 g/mol. The molecule has 0 unspecified atom stereocenters. The average Bonchev–Trinajstić information content (AvgIpc) is 3.41. The summed E-state index contributed by atoms with van der Waals surface area (Å²) in [5, 5.41) is 13.1. The van der Waals surface area contributed by atoms with E-state index in [-0.39, 0.29) is 6.54 Å². The summed E-state index contributed by atoms with van der Waals surface area (Å²) in [6.07, 6.45) is 0. The van der Waals surface area contributed by atoms with Gasteiger partial charge in [0.15, 0.2) is 11.0 Å². The van der Waals surface area contributed by atoms with E-state index in [9.17, 15) is 4.79 Å². The zero-order valence-electron chi connectivity index (χ0n) is 14.3. The smallest absolute Gasteiger partial charge is 0.237 e. The normalized spacial score (nSPS) is 11.1. The van der Waals surface area contributed by atoms with Crippen LogP contribution < -0.4 is 5.73 Å². The highest BCUT2D eigenvalue weighted by Gasteiger charge is 2.19. The highest BCUT2D eigenvalue weighted by Crippen LogP contribution is 2.31. The number of aromatic nitrogens is 4. The largest absolute Gasteiger partial charge is 0.440 e. The molecular weight excluding hydrogens is 402 g/mol. The number of oxazole rings is 1. The van der Waals surface area contributed by atoms with E-state index in [1.54, 1.807) is 15.9 Å². The number of aryl methyl sites for hydroxylation is 1. The summed E-state index contributed by atoms with van der Waals surface area (Å²) >= 11 is 4.57. The van der Waals surface area contributed by atoms with E-state index < -0.39 is 5.91 Å². The Balaban J connectivity index is 1.57. The van der Waals surface area contributed by atoms with Gasteiger partial charge in [-0.1, -0.05) is 23.9 Å². The maximum absolute atomic E-state index is 11.5. The number of hydrogen-bond donors (Lipinski definition) is 1. The van der Waals surface area contributed by atoms with Crippen LogP contribution in [-0.4, -0.2) is 25.7 Å². The number of hydrogen-bond acceptors (Lipinski definition) is 8. The van der Waals surface area contributed by atoms with Gasteiger partial charge in [-0.2, -0.15) is 0 Å². The molecule has 1 amide bonds. The van der Waals surface area contributed by atoms with Gasteiger partial charge in [-0.25, -0.2) is 4.98 Å². The lowest BCUT2D eigenvalue weighted by Gasteiger charge is -2.06. The van der Waals surface area contributed by atoms with Crippen molar-refractivity contribution in [3.63, 3.8) is 0 Å². The van der Waals surface area contributed by atoms with Gasteiger partial charge in [-0.05, 0) is 29.8 Å². The van der Waals surface area contributed by atoms with Crippen LogP contribution in [0.1, 0.15) is 11.5 Å². The van der Waals surface area contributed by atoms with Crippen LogP contribution >= 0.6 is 34.4 Å². The molecule has 27 heavy (non-hydrogen) atoms. The highest BCUT2D eigenvalue weighted by molar-refractivity contribution is 7.98. The van der Waals surface area contributed by atoms with E-state index in [2.05, 4.69) is 15.2 Å². The van der Waals surface area contributed by atoms with Crippen molar-refractivity contribution in [3.05, 3.63) is 46.5 Å². The first-order valence-electron chi connectivity index (χ1n) is 8.00. The van der Waals surface area contributed by atoms with Crippen LogP contribution in [0.4, 0.5) is 0 Å². The summed E-state index contributed by atoms with van der Waals surface area (Å²) in [7, 11) is 0. The van der Waals surface area contributed by atoms with Gasteiger partial charge >= 0.3 is 0 Å². The number of rotatable bonds is 7. The number of nitrogens with two attached hydrogens (primary N) is 1. The molecule has 0 aliphatic rings. The first-order valence-corrected chi connectivity index (χ1v) is 10.7. The third-order valence-corrected chi connectivity index (χ3v) is 6.44. The zero-order valence-corrected chi connectivity index (χ0v) is 16.7. The fourth-order valence-corrected chi connectivity index (χ4v) is 4.79. The van der Waals surface area contributed by atoms with Crippen LogP contribution in [0.3, 0.4) is 0 Å². The topological polar surface area (TPSA) is 99.8 Å². The van der Waals surface area contributed by atoms with Crippen molar-refractivity contribution in [2.24, 2.45) is 5.73 Å². The fourth-order valence-electron chi connectivity index (χ4n) is 2.48. The molecule has 0 aliphatic carbocycles. The number of amides is 1. The predicted octanol–water partition coefficient (Wildman–Crippen LogP) is 3.81. The van der Waals surface area contributed by atoms with E-state index in [4.69, 9.17) is 10.2 Å². The lowest BCUT2D eigenvalue weighted by atomic mass is 10.4. The zero-order chi connectivity index (χ0) is 18.8. The molecule has 4 heterocycles. The van der Waals surface area contributed by atoms with Gasteiger partial charge in [0.05, 0.1) is 15.4 Å². The standard InChI is InChI=1S/C17H15N5O2S3/c1-10-11(19-16(24-10)13-5-3-7-26-13)9-27-17-21-20-15(12-4-2-6-25-12)22(17)8-14(18)23/h2-7H,8-9H2,1H3,(H2,18,23). The summed E-state index contributed by atoms with van der Waals surface area (Å²) < 4.78 is 7.52. The summed E-state index contributed by atoms with van der Waals surface area (Å²) in [6, 6.07) is 7.81. The molecule has 4 aromatic rings. The summed E-state index contributed by atoms with van der Waals surface area (Å²) in [5.41, 5.74) is 6.26. The van der Waals surface area contributed by atoms with Crippen molar-refractivity contribution in [2.45, 2.75) is 24.4 Å². The van der Waals surface area contributed by atoms with E-state index in [1.807, 2.05) is 41.9 Å². The van der Waals surface area contributed by atoms with E-state index in [0.717, 1.165) is 21.2 Å². The summed E-state index contributed by atoms with van der Waals surface area (Å²) in [6.45, 7) is 1.92. The Morgan fingerprint density at radius 2 is 1.96 bits per heavy atom. The second-order valence-corrected chi connectivity index (χ2v) is 8.46. The van der Waals surface area contributed by atoms with Crippen LogP contribution in [0.5, 0.6) is 0 Å². The molecule has 0 aromatic carbocycles. The fraction of sp³-hybridized carbons (Fsp3) is 0.176. The molecule has 0 fully saturated rings. The molecule has 0 bridgehead atoms. The van der Waals surface area contributed by atoms with Crippen LogP contribution in [0.25, 0.3) is 21.5 Å². The third kappa shape index (κ3) is 3.82. The van der Waals surface area contributed by atoms with Crippen LogP contribution in [0, 0.1) is 6.92 Å². The number of primary amides is 1. The molecule has 4 aromatic heterocycles. The Labute approximate surface area is 167 Å². The highest BCUT2D eigenvalue weighted by atomic mass is 32.2. The molecule has 7 nitrogen and oxygen atoms in total. The molecule has 0 saturated heterocycles. The minimum Gasteiger partial charge on any atom is -0.440 e. The summed E-state index contributed by atoms with van der Waals surface area (Å²) in [5.74, 6) is 2.15. The molecule has 0 atom stereocenters. The lowest BCUT2D eigenvalue weighted by Crippen LogP contribution is -2.19. The van der Waals surface area contributed by atoms with Crippen LogP contribution in [0.15, 0.2) is 44.6 Å². The quantitative estimate of drug-likeness (QED) is 0.459. The molecule has 138 valence electrons. The first kappa shape index (κ1) is 18.0. The van der Waals surface area contributed by atoms with Gasteiger partial charge in [-0.15, -0.1) is 32.9 Å². The average molecular weight is 418 g/mol. The van der Waals surface area contributed by atoms with Gasteiger partial charge in [0.1, 0.15) is 12.3 Å². The second kappa shape index (κ2) is 7.67. The minimum absolute atomic E-state index is 0.0286. The molecule has 0 spiro atoms. The van der Waals surface area contributed by atoms with Gasteiger partial charge in [0, 0.05) is 5.75 Å². The van der Waals surface area contributed by atoms with Crippen LogP contribution in [0.2, 0.25) is 0 Å². The Morgan fingerprint density at radius 1 is 1.22 bits per heavy atom. The number of nitrogens with zero attached hydrogens (tertiary/aromatic N) is 4. The number of carbonyl (C=O) groups is 1. The number of thioether (sulfide) groups is 1. The Hall–Kier alpha value is -2.43. The second-order valence-electron chi connectivity index (χ2n) is 5.62. The number of carbonyl (C=O) groups excluding carboxylic acids is 1. The molecule has 10 heteroatoms. The number of thiophene rings is 2. The van der Waals surface area contributed by atoms with Crippen LogP contribution in [-0.2, 0) is 17.1 Å². The SMILES string of the molecule is Cc1oc(-c2cccs2)nc1CSc1nnc(-c2cccs2)n1CC(N)=O. The Bertz CT molecular complexity index is 1050. The van der Waals surface area contributed by atoms with Crippen molar-refractivity contribution in [1.82, 2.24) is 19.7 Å². The predicted molar refractivity (Wildman–Crippen MR) is 107 cm³/mol. The van der Waals surface area contributed by atoms with Crippen molar-refractivity contribution in [2.75, 3.05) is 0 Å². The van der Waals surface area contributed by atoms with E-state index >= 15 is 0 Å². The maximum Gasteiger partial charge on any atom is 0.237 e. The van der Waals surface area contributed by atoms with Crippen molar-refractivity contribution < 1.29 is 9.21 Å². The third-order valence-electron chi connectivity index (χ3n) is 3.73.